The van der Waals surface area contributed by atoms with Crippen LogP contribution in [-0.2, 0) is 9.05 Å². The van der Waals surface area contributed by atoms with Crippen LogP contribution in [0, 0.1) is 0 Å². The second-order valence-electron chi connectivity index (χ2n) is 2.33. The number of hydrogen-bond donors (Lipinski definition) is 0. The van der Waals surface area contributed by atoms with Crippen LogP contribution in [0.2, 0.25) is 0 Å². The van der Waals surface area contributed by atoms with Crippen LogP contribution >= 0.6 is 10.7 Å². The monoisotopic (exact) mass is 233 g/mol. The Morgan fingerprint density at radius 3 is 1.86 bits per heavy atom. The summed E-state index contributed by atoms with van der Waals surface area (Å²) < 4.78 is 21.7. The zero-order valence-electron chi connectivity index (χ0n) is 6.68. The van der Waals surface area contributed by atoms with Gasteiger partial charge in [0.05, 0.1) is 4.90 Å². The van der Waals surface area contributed by atoms with E-state index in [0.29, 0.717) is 12.6 Å². The Morgan fingerprint density at radius 2 is 1.57 bits per heavy atom. The topological polar surface area (TPSA) is 81.2 Å². The van der Waals surface area contributed by atoms with E-state index in [4.69, 9.17) is 10.7 Å². The fraction of sp³-hybridized carbons (Fsp3) is 0. The number of nitrogens with zero attached hydrogens (tertiary/aromatic N) is 1. The second-order valence-corrected chi connectivity index (χ2v) is 4.89. The van der Waals surface area contributed by atoms with Gasteiger partial charge in [-0.1, -0.05) is 0 Å². The van der Waals surface area contributed by atoms with Crippen LogP contribution < -0.4 is 0 Å². The zero-order chi connectivity index (χ0) is 10.8. The highest BCUT2D eigenvalue weighted by Gasteiger charge is 2.12. The van der Waals surface area contributed by atoms with Crippen molar-refractivity contribution in [1.82, 2.24) is 4.98 Å². The van der Waals surface area contributed by atoms with Crippen molar-refractivity contribution in [2.75, 3.05) is 0 Å². The van der Waals surface area contributed by atoms with Gasteiger partial charge in [0.15, 0.2) is 12.6 Å². The van der Waals surface area contributed by atoms with E-state index in [0.717, 1.165) is 12.1 Å². The largest absolute Gasteiger partial charge is 0.296 e. The summed E-state index contributed by atoms with van der Waals surface area (Å²) in [5.74, 6) is 0. The summed E-state index contributed by atoms with van der Waals surface area (Å²) in [4.78, 5) is 23.9. The van der Waals surface area contributed by atoms with E-state index in [-0.39, 0.29) is 16.3 Å². The summed E-state index contributed by atoms with van der Waals surface area (Å²) in [5, 5.41) is 0. The van der Waals surface area contributed by atoms with E-state index in [1.165, 1.54) is 0 Å². The van der Waals surface area contributed by atoms with Gasteiger partial charge in [-0.15, -0.1) is 0 Å². The first-order chi connectivity index (χ1) is 6.47. The molecule has 0 unspecified atom stereocenters. The number of rotatable bonds is 3. The summed E-state index contributed by atoms with van der Waals surface area (Å²) >= 11 is 0. The lowest BCUT2D eigenvalue weighted by Crippen LogP contribution is -1.99. The first kappa shape index (κ1) is 10.8. The maximum absolute atomic E-state index is 10.9. The Balaban J connectivity index is 3.46. The van der Waals surface area contributed by atoms with Crippen molar-refractivity contribution in [3.8, 4) is 0 Å². The van der Waals surface area contributed by atoms with Gasteiger partial charge in [-0.05, 0) is 12.1 Å². The second kappa shape index (κ2) is 3.85. The molecule has 0 radical (unpaired) electrons. The number of carbonyl (C=O) groups excluding carboxylic acids is 2. The molecule has 1 rings (SSSR count). The van der Waals surface area contributed by atoms with Gasteiger partial charge in [-0.3, -0.25) is 9.59 Å². The molecule has 0 fully saturated rings. The molecule has 0 spiro atoms. The lowest BCUT2D eigenvalue weighted by molar-refractivity contribution is 0.111. The summed E-state index contributed by atoms with van der Waals surface area (Å²) in [7, 11) is 1.08. The van der Waals surface area contributed by atoms with E-state index in [1.807, 2.05) is 0 Å². The highest BCUT2D eigenvalue weighted by atomic mass is 35.7. The fourth-order valence-corrected chi connectivity index (χ4v) is 1.60. The van der Waals surface area contributed by atoms with Crippen LogP contribution in [0.15, 0.2) is 17.0 Å². The summed E-state index contributed by atoms with van der Waals surface area (Å²) in [6.45, 7) is 0. The first-order valence-electron chi connectivity index (χ1n) is 3.34. The number of pyridine rings is 1. The van der Waals surface area contributed by atoms with Crippen LogP contribution in [0.4, 0.5) is 0 Å². The maximum Gasteiger partial charge on any atom is 0.261 e. The molecule has 1 heterocycles. The highest BCUT2D eigenvalue weighted by molar-refractivity contribution is 8.13. The van der Waals surface area contributed by atoms with Crippen LogP contribution in [0.25, 0.3) is 0 Å². The predicted octanol–water partition coefficient (Wildman–Crippen LogP) is 0.634. The molecule has 0 N–H and O–H groups in total. The molecule has 0 saturated carbocycles. The standard InChI is InChI=1S/C7H4ClNO4S/c8-14(12,13)7-1-5(3-10)9-6(2-7)4-11/h1-4H. The van der Waals surface area contributed by atoms with Gasteiger partial charge in [0.2, 0.25) is 0 Å². The third-order valence-corrected chi connectivity index (χ3v) is 2.69. The Kier molecular flexibility index (Phi) is 2.97. The quantitative estimate of drug-likeness (QED) is 0.565. The molecule has 1 aromatic rings. The summed E-state index contributed by atoms with van der Waals surface area (Å²) in [5.41, 5.74) is -0.317. The Labute approximate surface area is 84.1 Å². The summed E-state index contributed by atoms with van der Waals surface area (Å²) in [6.07, 6.45) is 0.664. The molecule has 5 nitrogen and oxygen atoms in total. The molecule has 1 aromatic heterocycles. The normalized spacial score (nSPS) is 10.9. The molecule has 0 bridgehead atoms. The lowest BCUT2D eigenvalue weighted by atomic mass is 10.3. The molecule has 0 aliphatic heterocycles. The number of aldehydes is 2. The predicted molar refractivity (Wildman–Crippen MR) is 48.1 cm³/mol. The molecule has 74 valence electrons. The molecule has 0 saturated heterocycles. The Bertz CT molecular complexity index is 456. The third-order valence-electron chi connectivity index (χ3n) is 1.36. The van der Waals surface area contributed by atoms with Gasteiger partial charge in [-0.25, -0.2) is 13.4 Å². The number of aromatic nitrogens is 1. The number of carbonyl (C=O) groups is 2. The molecule has 0 aliphatic rings. The average molecular weight is 234 g/mol. The van der Waals surface area contributed by atoms with Crippen LogP contribution in [0.3, 0.4) is 0 Å². The smallest absolute Gasteiger partial charge is 0.261 e. The van der Waals surface area contributed by atoms with Gasteiger partial charge < -0.3 is 0 Å². The summed E-state index contributed by atoms with van der Waals surface area (Å²) in [6, 6.07) is 1.98. The average Bonchev–Trinajstić information content (AvgIpc) is 2.15. The fourth-order valence-electron chi connectivity index (χ4n) is 0.808. The van der Waals surface area contributed by atoms with Gasteiger partial charge in [-0.2, -0.15) is 0 Å². The third kappa shape index (κ3) is 2.36. The van der Waals surface area contributed by atoms with E-state index in [1.54, 1.807) is 0 Å². The van der Waals surface area contributed by atoms with Crippen LogP contribution in [0.5, 0.6) is 0 Å². The zero-order valence-corrected chi connectivity index (χ0v) is 8.25. The van der Waals surface area contributed by atoms with Crippen LogP contribution in [-0.4, -0.2) is 26.0 Å². The Morgan fingerprint density at radius 1 is 1.14 bits per heavy atom. The minimum atomic E-state index is -3.95. The van der Waals surface area contributed by atoms with Crippen molar-refractivity contribution in [2.45, 2.75) is 4.90 Å². The molecule has 0 aliphatic carbocycles. The molecule has 14 heavy (non-hydrogen) atoms. The molecule has 0 atom stereocenters. The van der Waals surface area contributed by atoms with E-state index < -0.39 is 9.05 Å². The number of hydrogen-bond acceptors (Lipinski definition) is 5. The van der Waals surface area contributed by atoms with Gasteiger partial charge >= 0.3 is 0 Å². The number of halogens is 1. The van der Waals surface area contributed by atoms with Crippen molar-refractivity contribution >= 4 is 32.3 Å². The van der Waals surface area contributed by atoms with E-state index in [2.05, 4.69) is 4.98 Å². The highest BCUT2D eigenvalue weighted by Crippen LogP contribution is 2.15. The van der Waals surface area contributed by atoms with E-state index >= 15 is 0 Å². The van der Waals surface area contributed by atoms with Gasteiger partial charge in [0, 0.05) is 10.7 Å². The van der Waals surface area contributed by atoms with E-state index in [9.17, 15) is 18.0 Å². The molecular weight excluding hydrogens is 230 g/mol. The molecule has 0 amide bonds. The molecule has 7 heteroatoms. The molecule has 0 aromatic carbocycles. The van der Waals surface area contributed by atoms with Crippen molar-refractivity contribution < 1.29 is 18.0 Å². The van der Waals surface area contributed by atoms with Crippen molar-refractivity contribution in [3.05, 3.63) is 23.5 Å². The molecular formula is C7H4ClNO4S. The van der Waals surface area contributed by atoms with Crippen molar-refractivity contribution in [2.24, 2.45) is 0 Å². The minimum absolute atomic E-state index is 0.158. The van der Waals surface area contributed by atoms with Crippen molar-refractivity contribution in [3.63, 3.8) is 0 Å². The minimum Gasteiger partial charge on any atom is -0.296 e. The van der Waals surface area contributed by atoms with Crippen molar-refractivity contribution in [1.29, 1.82) is 0 Å². The first-order valence-corrected chi connectivity index (χ1v) is 5.65. The Hall–Kier alpha value is -1.27. The van der Waals surface area contributed by atoms with Gasteiger partial charge in [0.25, 0.3) is 9.05 Å². The lowest BCUT2D eigenvalue weighted by Gasteiger charge is -1.98. The SMILES string of the molecule is O=Cc1cc(S(=O)(=O)Cl)cc(C=O)n1. The maximum atomic E-state index is 10.9. The van der Waals surface area contributed by atoms with Crippen LogP contribution in [0.1, 0.15) is 21.0 Å². The van der Waals surface area contributed by atoms with Gasteiger partial charge in [0.1, 0.15) is 11.4 Å².